The maximum atomic E-state index is 11.6. The van der Waals surface area contributed by atoms with Gasteiger partial charge in [0.25, 0.3) is 0 Å². The number of likely N-dealkylation sites (N-methyl/N-ethyl adjacent to an activating group) is 1. The molecule has 0 aliphatic carbocycles. The van der Waals surface area contributed by atoms with Gasteiger partial charge in [0, 0.05) is 18.3 Å². The normalized spacial score (nSPS) is 25.0. The van der Waals surface area contributed by atoms with E-state index in [4.69, 9.17) is 5.11 Å². The molecule has 2 amide bonds. The van der Waals surface area contributed by atoms with Crippen LogP contribution in [0.5, 0.6) is 0 Å². The molecule has 5 nitrogen and oxygen atoms in total. The third kappa shape index (κ3) is 2.75. The number of carbonyl (C=O) groups is 2. The van der Waals surface area contributed by atoms with E-state index in [9.17, 15) is 9.59 Å². The van der Waals surface area contributed by atoms with E-state index in [2.05, 4.69) is 5.32 Å². The zero-order valence-corrected chi connectivity index (χ0v) is 10.6. The Bertz CT molecular complexity index is 281. The highest BCUT2D eigenvalue weighted by Crippen LogP contribution is 2.15. The highest BCUT2D eigenvalue weighted by molar-refractivity contribution is 7.99. The molecule has 3 unspecified atom stereocenters. The van der Waals surface area contributed by atoms with Gasteiger partial charge >= 0.3 is 0 Å². The summed E-state index contributed by atoms with van der Waals surface area (Å²) in [6.07, 6.45) is 2.12. The Kier molecular flexibility index (Phi) is 4.76. The van der Waals surface area contributed by atoms with Gasteiger partial charge in [-0.25, -0.2) is 0 Å². The Morgan fingerprint density at radius 3 is 2.62 bits per heavy atom. The van der Waals surface area contributed by atoms with Crippen molar-refractivity contribution in [3.63, 3.8) is 0 Å². The molecule has 1 saturated heterocycles. The first kappa shape index (κ1) is 13.5. The number of amides is 2. The zero-order chi connectivity index (χ0) is 12.3. The molecule has 0 radical (unpaired) electrons. The van der Waals surface area contributed by atoms with E-state index in [1.165, 1.54) is 7.05 Å². The van der Waals surface area contributed by atoms with Crippen molar-refractivity contribution in [1.29, 1.82) is 0 Å². The van der Waals surface area contributed by atoms with E-state index in [-0.39, 0.29) is 36.1 Å². The number of aliphatic hydroxyl groups excluding tert-OH is 1. The molecule has 3 atom stereocenters. The average Bonchev–Trinajstić information content (AvgIpc) is 2.48. The zero-order valence-electron chi connectivity index (χ0n) is 9.77. The van der Waals surface area contributed by atoms with E-state index in [0.717, 1.165) is 4.90 Å². The number of rotatable bonds is 5. The summed E-state index contributed by atoms with van der Waals surface area (Å²) in [5.41, 5.74) is 0. The number of likely N-dealkylation sites (tertiary alicyclic amines) is 1. The third-order valence-electron chi connectivity index (χ3n) is 2.89. The van der Waals surface area contributed by atoms with Gasteiger partial charge < -0.3 is 10.4 Å². The van der Waals surface area contributed by atoms with Gasteiger partial charge in [-0.2, -0.15) is 11.8 Å². The fourth-order valence-electron chi connectivity index (χ4n) is 1.75. The van der Waals surface area contributed by atoms with Gasteiger partial charge in [0.05, 0.1) is 19.1 Å². The van der Waals surface area contributed by atoms with Crippen LogP contribution >= 0.6 is 11.8 Å². The monoisotopic (exact) mass is 246 g/mol. The summed E-state index contributed by atoms with van der Waals surface area (Å²) in [5.74, 6) is -0.339. The molecule has 2 N–H and O–H groups in total. The van der Waals surface area contributed by atoms with Crippen molar-refractivity contribution in [1.82, 2.24) is 10.2 Å². The lowest BCUT2D eigenvalue weighted by atomic mass is 10.1. The molecule has 1 aliphatic rings. The van der Waals surface area contributed by atoms with Crippen molar-refractivity contribution < 1.29 is 14.7 Å². The summed E-state index contributed by atoms with van der Waals surface area (Å²) >= 11 is 1.54. The molecule has 0 aromatic rings. The SMILES string of the molecule is CSC(CO)C(C)NC1CC(=O)N(C)C1=O. The number of nitrogens with zero attached hydrogens (tertiary/aromatic N) is 1. The smallest absolute Gasteiger partial charge is 0.246 e. The van der Waals surface area contributed by atoms with Gasteiger partial charge in [-0.3, -0.25) is 14.5 Å². The van der Waals surface area contributed by atoms with Gasteiger partial charge in [0.2, 0.25) is 11.8 Å². The van der Waals surface area contributed by atoms with Crippen LogP contribution in [0.4, 0.5) is 0 Å². The summed E-state index contributed by atoms with van der Waals surface area (Å²) in [4.78, 5) is 24.1. The van der Waals surface area contributed by atoms with Crippen LogP contribution in [0.15, 0.2) is 0 Å². The molecule has 0 saturated carbocycles. The fourth-order valence-corrected chi connectivity index (χ4v) is 2.38. The minimum absolute atomic E-state index is 0.00625. The first-order valence-electron chi connectivity index (χ1n) is 5.21. The maximum Gasteiger partial charge on any atom is 0.246 e. The largest absolute Gasteiger partial charge is 0.395 e. The highest BCUT2D eigenvalue weighted by Gasteiger charge is 2.37. The van der Waals surface area contributed by atoms with E-state index in [1.54, 1.807) is 11.8 Å². The second-order valence-electron chi connectivity index (χ2n) is 3.96. The number of hydrogen-bond donors (Lipinski definition) is 2. The Hall–Kier alpha value is -0.590. The first-order valence-corrected chi connectivity index (χ1v) is 6.50. The summed E-state index contributed by atoms with van der Waals surface area (Å²) in [7, 11) is 1.50. The molecule has 1 fully saturated rings. The van der Waals surface area contributed by atoms with Gasteiger partial charge in [-0.05, 0) is 13.2 Å². The summed E-state index contributed by atoms with van der Waals surface area (Å²) in [6.45, 7) is 1.97. The van der Waals surface area contributed by atoms with Crippen LogP contribution in [-0.2, 0) is 9.59 Å². The lowest BCUT2D eigenvalue weighted by Crippen LogP contribution is -2.46. The Balaban J connectivity index is 2.55. The molecule has 16 heavy (non-hydrogen) atoms. The summed E-state index contributed by atoms with van der Waals surface area (Å²) in [5, 5.41) is 12.3. The van der Waals surface area contributed by atoms with Gasteiger partial charge in [-0.15, -0.1) is 0 Å². The second kappa shape index (κ2) is 5.65. The van der Waals surface area contributed by atoms with Crippen molar-refractivity contribution in [3.05, 3.63) is 0 Å². The molecule has 6 heteroatoms. The van der Waals surface area contributed by atoms with E-state index < -0.39 is 6.04 Å². The van der Waals surface area contributed by atoms with Crippen LogP contribution in [0.3, 0.4) is 0 Å². The highest BCUT2D eigenvalue weighted by atomic mass is 32.2. The van der Waals surface area contributed by atoms with Crippen LogP contribution < -0.4 is 5.32 Å². The van der Waals surface area contributed by atoms with Crippen LogP contribution in [0.2, 0.25) is 0 Å². The number of nitrogens with one attached hydrogen (secondary N) is 1. The minimum atomic E-state index is -0.436. The van der Waals surface area contributed by atoms with Gasteiger partial charge in [-0.1, -0.05) is 0 Å². The standard InChI is InChI=1S/C10H18N2O3S/c1-6(8(5-13)16-3)11-7-4-9(14)12(2)10(7)15/h6-8,11,13H,4-5H2,1-3H3. The predicted octanol–water partition coefficient (Wildman–Crippen LogP) is -0.554. The minimum Gasteiger partial charge on any atom is -0.395 e. The molecular formula is C10H18N2O3S. The average molecular weight is 246 g/mol. The lowest BCUT2D eigenvalue weighted by molar-refractivity contribution is -0.137. The number of aliphatic hydroxyl groups is 1. The first-order chi connectivity index (χ1) is 7.51. The molecule has 0 spiro atoms. The molecule has 1 aliphatic heterocycles. The number of imide groups is 1. The van der Waals surface area contributed by atoms with Crippen molar-refractivity contribution in [2.24, 2.45) is 0 Å². The second-order valence-corrected chi connectivity index (χ2v) is 5.04. The predicted molar refractivity (Wildman–Crippen MR) is 63.2 cm³/mol. The van der Waals surface area contributed by atoms with Crippen molar-refractivity contribution in [3.8, 4) is 0 Å². The Morgan fingerprint density at radius 2 is 2.25 bits per heavy atom. The molecule has 0 bridgehead atoms. The number of carbonyl (C=O) groups excluding carboxylic acids is 2. The van der Waals surface area contributed by atoms with Gasteiger partial charge in [0.1, 0.15) is 0 Å². The van der Waals surface area contributed by atoms with E-state index in [0.29, 0.717) is 0 Å². The Morgan fingerprint density at radius 1 is 1.62 bits per heavy atom. The molecular weight excluding hydrogens is 228 g/mol. The number of thioether (sulfide) groups is 1. The topological polar surface area (TPSA) is 69.6 Å². The summed E-state index contributed by atoms with van der Waals surface area (Å²) < 4.78 is 0. The third-order valence-corrected chi connectivity index (χ3v) is 4.05. The van der Waals surface area contributed by atoms with E-state index >= 15 is 0 Å². The van der Waals surface area contributed by atoms with Crippen molar-refractivity contribution in [2.45, 2.75) is 30.7 Å². The molecule has 1 heterocycles. The fraction of sp³-hybridized carbons (Fsp3) is 0.800. The molecule has 0 aromatic heterocycles. The van der Waals surface area contributed by atoms with E-state index in [1.807, 2.05) is 13.2 Å². The maximum absolute atomic E-state index is 11.6. The van der Waals surface area contributed by atoms with Crippen molar-refractivity contribution >= 4 is 23.6 Å². The number of hydrogen-bond acceptors (Lipinski definition) is 5. The van der Waals surface area contributed by atoms with Gasteiger partial charge in [0.15, 0.2) is 0 Å². The van der Waals surface area contributed by atoms with Crippen LogP contribution in [0, 0.1) is 0 Å². The molecule has 92 valence electrons. The van der Waals surface area contributed by atoms with Crippen LogP contribution in [0.1, 0.15) is 13.3 Å². The lowest BCUT2D eigenvalue weighted by Gasteiger charge is -2.23. The van der Waals surface area contributed by atoms with Crippen molar-refractivity contribution in [2.75, 3.05) is 19.9 Å². The quantitative estimate of drug-likeness (QED) is 0.637. The molecule has 0 aromatic carbocycles. The Labute approximate surface area is 99.6 Å². The summed E-state index contributed by atoms with van der Waals surface area (Å²) in [6, 6.07) is -0.443. The van der Waals surface area contributed by atoms with Crippen LogP contribution in [0.25, 0.3) is 0 Å². The van der Waals surface area contributed by atoms with Crippen LogP contribution in [-0.4, -0.2) is 59.1 Å². The molecule has 1 rings (SSSR count).